The highest BCUT2D eigenvalue weighted by atomic mass is 19.1. The largest absolute Gasteiger partial charge is 0.354 e. The molecular weight excluding hydrogens is 381 g/mol. The van der Waals surface area contributed by atoms with Gasteiger partial charge in [0.2, 0.25) is 0 Å². The van der Waals surface area contributed by atoms with Crippen molar-refractivity contribution in [3.63, 3.8) is 0 Å². The average molecular weight is 399 g/mol. The van der Waals surface area contributed by atoms with Crippen LogP contribution >= 0.6 is 0 Å². The van der Waals surface area contributed by atoms with Crippen LogP contribution in [-0.2, 0) is 11.2 Å². The van der Waals surface area contributed by atoms with Gasteiger partial charge < -0.3 is 15.2 Å². The van der Waals surface area contributed by atoms with Crippen LogP contribution in [0, 0.1) is 5.82 Å². The summed E-state index contributed by atoms with van der Waals surface area (Å²) in [5, 5.41) is 3.90. The first-order valence-electron chi connectivity index (χ1n) is 9.68. The van der Waals surface area contributed by atoms with Crippen LogP contribution in [-0.4, -0.2) is 28.2 Å². The maximum atomic E-state index is 13.3. The van der Waals surface area contributed by atoms with Gasteiger partial charge in [-0.25, -0.2) is 4.39 Å². The van der Waals surface area contributed by atoms with E-state index in [-0.39, 0.29) is 11.8 Å². The van der Waals surface area contributed by atoms with Crippen LogP contribution in [0.2, 0.25) is 0 Å². The van der Waals surface area contributed by atoms with Gasteiger partial charge in [-0.1, -0.05) is 24.3 Å². The molecule has 0 bridgehead atoms. The predicted octanol–water partition coefficient (Wildman–Crippen LogP) is 3.92. The Bertz CT molecular complexity index is 1270. The van der Waals surface area contributed by atoms with E-state index in [0.717, 1.165) is 22.2 Å². The van der Waals surface area contributed by atoms with E-state index < -0.39 is 5.82 Å². The number of nitrogens with one attached hydrogen (secondary N) is 2. The fourth-order valence-electron chi connectivity index (χ4n) is 3.77. The minimum Gasteiger partial charge on any atom is -0.354 e. The van der Waals surface area contributed by atoms with E-state index in [1.54, 1.807) is 6.20 Å². The number of nitrogens with zero attached hydrogens (tertiary/aromatic N) is 1. The van der Waals surface area contributed by atoms with Crippen molar-refractivity contribution in [3.8, 4) is 0 Å². The van der Waals surface area contributed by atoms with Crippen LogP contribution in [0.25, 0.3) is 16.5 Å². The highest BCUT2D eigenvalue weighted by Gasteiger charge is 2.27. The van der Waals surface area contributed by atoms with Crippen LogP contribution in [0.1, 0.15) is 21.6 Å². The Morgan fingerprint density at radius 2 is 1.83 bits per heavy atom. The molecule has 1 aliphatic carbocycles. The Kier molecular flexibility index (Phi) is 4.32. The molecule has 1 aromatic heterocycles. The van der Waals surface area contributed by atoms with Crippen LogP contribution in [0.5, 0.6) is 0 Å². The first-order valence-corrected chi connectivity index (χ1v) is 9.68. The molecular formula is C24H18FN3O2. The van der Waals surface area contributed by atoms with Crippen LogP contribution in [0.3, 0.4) is 0 Å². The minimum atomic E-state index is -0.402. The zero-order chi connectivity index (χ0) is 20.7. The molecule has 2 aromatic carbocycles. The zero-order valence-electron chi connectivity index (χ0n) is 16.0. The lowest BCUT2D eigenvalue weighted by molar-refractivity contribution is -0.114. The molecule has 3 aromatic rings. The number of hydrogen-bond donors (Lipinski definition) is 2. The molecule has 0 saturated carbocycles. The number of H-pyrrole nitrogens is 1. The maximum Gasteiger partial charge on any atom is 0.259 e. The number of amides is 2. The first kappa shape index (κ1) is 18.1. The molecule has 0 saturated heterocycles. The molecule has 2 N–H and O–H groups in total. The van der Waals surface area contributed by atoms with Crippen molar-refractivity contribution in [2.75, 3.05) is 6.54 Å². The first-order chi connectivity index (χ1) is 14.6. The van der Waals surface area contributed by atoms with Gasteiger partial charge in [-0.2, -0.15) is 0 Å². The molecule has 0 fully saturated rings. The fraction of sp³-hybridized carbons (Fsp3) is 0.0833. The van der Waals surface area contributed by atoms with Gasteiger partial charge in [0.05, 0.1) is 11.3 Å². The summed E-state index contributed by atoms with van der Waals surface area (Å²) in [6.07, 6.45) is 7.63. The Balaban J connectivity index is 1.57. The van der Waals surface area contributed by atoms with Gasteiger partial charge in [0.1, 0.15) is 5.82 Å². The summed E-state index contributed by atoms with van der Waals surface area (Å²) in [5.41, 5.74) is 4.14. The number of carbonyl (C=O) groups is 2. The van der Waals surface area contributed by atoms with E-state index in [1.165, 1.54) is 29.2 Å². The number of benzene rings is 2. The summed E-state index contributed by atoms with van der Waals surface area (Å²) < 4.78 is 13.3. The molecule has 0 atom stereocenters. The zero-order valence-corrected chi connectivity index (χ0v) is 16.0. The summed E-state index contributed by atoms with van der Waals surface area (Å²) in [4.78, 5) is 31.0. The third-order valence-corrected chi connectivity index (χ3v) is 5.38. The van der Waals surface area contributed by atoms with Crippen LogP contribution in [0.4, 0.5) is 4.39 Å². The van der Waals surface area contributed by atoms with Crippen molar-refractivity contribution in [2.45, 2.75) is 6.42 Å². The number of carbonyl (C=O) groups excluding carboxylic acids is 2. The van der Waals surface area contributed by atoms with E-state index in [9.17, 15) is 14.0 Å². The molecule has 5 rings (SSSR count). The second kappa shape index (κ2) is 7.15. The van der Waals surface area contributed by atoms with Gasteiger partial charge in [-0.3, -0.25) is 9.59 Å². The maximum absolute atomic E-state index is 13.3. The normalized spacial score (nSPS) is 15.0. The molecule has 2 aliphatic rings. The summed E-state index contributed by atoms with van der Waals surface area (Å²) in [6, 6.07) is 13.3. The molecule has 5 nitrogen and oxygen atoms in total. The van der Waals surface area contributed by atoms with E-state index in [4.69, 9.17) is 0 Å². The molecule has 6 heteroatoms. The van der Waals surface area contributed by atoms with E-state index in [0.29, 0.717) is 29.8 Å². The number of rotatable bonds is 3. The van der Waals surface area contributed by atoms with E-state index in [1.807, 2.05) is 42.5 Å². The molecule has 148 valence electrons. The number of aromatic nitrogens is 1. The van der Waals surface area contributed by atoms with Crippen LogP contribution in [0.15, 0.2) is 78.7 Å². The average Bonchev–Trinajstić information content (AvgIpc) is 2.98. The predicted molar refractivity (Wildman–Crippen MR) is 113 cm³/mol. The fourth-order valence-corrected chi connectivity index (χ4v) is 3.77. The summed E-state index contributed by atoms with van der Waals surface area (Å²) in [5.74, 6) is -0.976. The van der Waals surface area contributed by atoms with Crippen molar-refractivity contribution in [1.29, 1.82) is 0 Å². The topological polar surface area (TPSA) is 65.2 Å². The molecule has 30 heavy (non-hydrogen) atoms. The number of para-hydroxylation sites is 1. The smallest absolute Gasteiger partial charge is 0.259 e. The molecule has 2 amide bonds. The lowest BCUT2D eigenvalue weighted by Crippen LogP contribution is -2.29. The van der Waals surface area contributed by atoms with E-state index >= 15 is 0 Å². The quantitative estimate of drug-likeness (QED) is 0.701. The number of fused-ring (bicyclic) bond motifs is 3. The molecule has 0 spiro atoms. The Morgan fingerprint density at radius 3 is 2.57 bits per heavy atom. The summed E-state index contributed by atoms with van der Waals surface area (Å²) in [6.45, 7) is 0.407. The van der Waals surface area contributed by atoms with E-state index in [2.05, 4.69) is 10.3 Å². The van der Waals surface area contributed by atoms with Crippen molar-refractivity contribution in [2.24, 2.45) is 0 Å². The Labute approximate surface area is 172 Å². The SMILES string of the molecule is O=C(NC1=CC=C1)C1=CN(C(=O)c2ccc(F)cc2)CCc2c1[nH]c1ccccc21. The molecule has 0 unspecified atom stereocenters. The highest BCUT2D eigenvalue weighted by molar-refractivity contribution is 6.21. The minimum absolute atomic E-state index is 0.280. The lowest BCUT2D eigenvalue weighted by Gasteiger charge is -2.18. The Hall–Kier alpha value is -3.93. The molecule has 2 heterocycles. The molecule has 0 radical (unpaired) electrons. The standard InChI is InChI=1S/C24H18FN3O2/c25-16-10-8-15(9-11-16)24(30)28-13-12-19-18-6-1-2-7-21(18)27-22(19)20(14-28)23(29)26-17-4-3-5-17/h1-11,14,27H,12-13H2,(H,26,29). The highest BCUT2D eigenvalue weighted by Crippen LogP contribution is 2.31. The van der Waals surface area contributed by atoms with Crippen molar-refractivity contribution in [3.05, 3.63) is 101 Å². The van der Waals surface area contributed by atoms with Crippen molar-refractivity contribution in [1.82, 2.24) is 15.2 Å². The van der Waals surface area contributed by atoms with Gasteiger partial charge in [0.15, 0.2) is 0 Å². The number of hydrogen-bond acceptors (Lipinski definition) is 2. The third kappa shape index (κ3) is 3.12. The number of aromatic amines is 1. The van der Waals surface area contributed by atoms with Gasteiger partial charge >= 0.3 is 0 Å². The van der Waals surface area contributed by atoms with Crippen molar-refractivity contribution >= 4 is 28.3 Å². The number of halogens is 1. The van der Waals surface area contributed by atoms with Gasteiger partial charge in [0, 0.05) is 34.9 Å². The van der Waals surface area contributed by atoms with Crippen molar-refractivity contribution < 1.29 is 14.0 Å². The Morgan fingerprint density at radius 1 is 1.07 bits per heavy atom. The van der Waals surface area contributed by atoms with Crippen LogP contribution < -0.4 is 5.32 Å². The van der Waals surface area contributed by atoms with Gasteiger partial charge in [0.25, 0.3) is 11.8 Å². The number of allylic oxidation sites excluding steroid dienone is 3. The second-order valence-electron chi connectivity index (χ2n) is 7.26. The lowest BCUT2D eigenvalue weighted by atomic mass is 10.0. The second-order valence-corrected chi connectivity index (χ2v) is 7.26. The van der Waals surface area contributed by atoms with Gasteiger partial charge in [-0.15, -0.1) is 0 Å². The van der Waals surface area contributed by atoms with Gasteiger partial charge in [-0.05, 0) is 54.5 Å². The summed E-state index contributed by atoms with van der Waals surface area (Å²) in [7, 11) is 0. The monoisotopic (exact) mass is 399 g/mol. The third-order valence-electron chi connectivity index (χ3n) is 5.38. The summed E-state index contributed by atoms with van der Waals surface area (Å²) >= 11 is 0. The molecule has 1 aliphatic heterocycles.